The molecular weight excluding hydrogens is 257 g/mol. The van der Waals surface area contributed by atoms with Crippen LogP contribution in [0.25, 0.3) is 22.0 Å². The van der Waals surface area contributed by atoms with Gasteiger partial charge >= 0.3 is 0 Å². The molecule has 0 aliphatic rings. The Morgan fingerprint density at radius 2 is 2.15 bits per heavy atom. The van der Waals surface area contributed by atoms with Crippen molar-refractivity contribution in [2.45, 2.75) is 6.92 Å². The number of nitrogens with zero attached hydrogens (tertiary/aromatic N) is 1. The number of rotatable bonds is 2. The lowest BCUT2D eigenvalue weighted by Gasteiger charge is -2.08. The largest absolute Gasteiger partial charge is 0.361 e. The van der Waals surface area contributed by atoms with Gasteiger partial charge in [0.1, 0.15) is 11.6 Å². The minimum atomic E-state index is -0.423. The Bertz CT molecular complexity index is 795. The molecule has 2 N–H and O–H groups in total. The smallest absolute Gasteiger partial charge is 0.222 e. The number of nitrogens with one attached hydrogen (secondary N) is 2. The van der Waals surface area contributed by atoms with E-state index in [1.165, 1.54) is 6.92 Å². The molecule has 0 fully saturated rings. The molecule has 0 radical (unpaired) electrons. The number of halogens is 1. The molecule has 20 heavy (non-hydrogen) atoms. The predicted octanol–water partition coefficient (Wildman–Crippen LogP) is 3.33. The van der Waals surface area contributed by atoms with Crippen LogP contribution in [-0.2, 0) is 4.79 Å². The van der Waals surface area contributed by atoms with Crippen LogP contribution in [0.3, 0.4) is 0 Å². The third kappa shape index (κ3) is 2.14. The summed E-state index contributed by atoms with van der Waals surface area (Å²) in [6, 6.07) is 9.05. The summed E-state index contributed by atoms with van der Waals surface area (Å²) in [6.45, 7) is 1.39. The molecule has 0 bridgehead atoms. The highest BCUT2D eigenvalue weighted by molar-refractivity contribution is 5.96. The number of H-pyrrole nitrogens is 1. The fourth-order valence-electron chi connectivity index (χ4n) is 2.21. The Labute approximate surface area is 114 Å². The van der Waals surface area contributed by atoms with E-state index in [1.54, 1.807) is 6.07 Å². The summed E-state index contributed by atoms with van der Waals surface area (Å²) in [5, 5.41) is 3.48. The first-order valence-corrected chi connectivity index (χ1v) is 6.15. The van der Waals surface area contributed by atoms with Crippen LogP contribution in [-0.4, -0.2) is 15.9 Å². The average molecular weight is 269 g/mol. The van der Waals surface area contributed by atoms with Gasteiger partial charge in [-0.25, -0.2) is 9.37 Å². The van der Waals surface area contributed by atoms with E-state index in [9.17, 15) is 9.18 Å². The quantitative estimate of drug-likeness (QED) is 0.749. The van der Waals surface area contributed by atoms with E-state index >= 15 is 0 Å². The van der Waals surface area contributed by atoms with Gasteiger partial charge in [0, 0.05) is 29.6 Å². The van der Waals surface area contributed by atoms with Crippen LogP contribution in [0.15, 0.2) is 42.7 Å². The predicted molar refractivity (Wildman–Crippen MR) is 75.8 cm³/mol. The van der Waals surface area contributed by atoms with Crippen molar-refractivity contribution in [2.24, 2.45) is 0 Å². The van der Waals surface area contributed by atoms with Crippen molar-refractivity contribution in [3.8, 4) is 11.1 Å². The molecular formula is C15H12FN3O. The number of carbonyl (C=O) groups excluding carboxylic acids is 1. The van der Waals surface area contributed by atoms with E-state index in [2.05, 4.69) is 15.3 Å². The summed E-state index contributed by atoms with van der Waals surface area (Å²) >= 11 is 0. The fraction of sp³-hybridized carbons (Fsp3) is 0.0667. The monoisotopic (exact) mass is 269 g/mol. The van der Waals surface area contributed by atoms with Gasteiger partial charge in [0.15, 0.2) is 0 Å². The summed E-state index contributed by atoms with van der Waals surface area (Å²) in [4.78, 5) is 18.0. The lowest BCUT2D eigenvalue weighted by atomic mass is 10.0. The first kappa shape index (κ1) is 12.3. The van der Waals surface area contributed by atoms with E-state index in [0.29, 0.717) is 11.4 Å². The molecule has 0 unspecified atom stereocenters. The van der Waals surface area contributed by atoms with Crippen LogP contribution in [0, 0.1) is 5.82 Å². The van der Waals surface area contributed by atoms with E-state index in [-0.39, 0.29) is 5.91 Å². The Hall–Kier alpha value is -2.69. The maximum absolute atomic E-state index is 14.0. The van der Waals surface area contributed by atoms with E-state index in [4.69, 9.17) is 0 Å². The van der Waals surface area contributed by atoms with Gasteiger partial charge in [-0.3, -0.25) is 4.79 Å². The van der Waals surface area contributed by atoms with E-state index < -0.39 is 5.82 Å². The molecule has 3 rings (SSSR count). The van der Waals surface area contributed by atoms with Crippen LogP contribution in [0.4, 0.5) is 10.2 Å². The summed E-state index contributed by atoms with van der Waals surface area (Å²) in [5.41, 5.74) is 2.10. The average Bonchev–Trinajstić information content (AvgIpc) is 2.88. The van der Waals surface area contributed by atoms with Gasteiger partial charge in [-0.1, -0.05) is 12.1 Å². The number of anilines is 1. The zero-order valence-corrected chi connectivity index (χ0v) is 10.8. The molecule has 1 aromatic carbocycles. The number of amides is 1. The lowest BCUT2D eigenvalue weighted by Crippen LogP contribution is -2.07. The van der Waals surface area contributed by atoms with Gasteiger partial charge in [0.05, 0.1) is 6.20 Å². The van der Waals surface area contributed by atoms with E-state index in [0.717, 1.165) is 22.7 Å². The maximum atomic E-state index is 14.0. The molecule has 4 nitrogen and oxygen atoms in total. The van der Waals surface area contributed by atoms with Gasteiger partial charge in [0.25, 0.3) is 0 Å². The lowest BCUT2D eigenvalue weighted by molar-refractivity contribution is -0.114. The highest BCUT2D eigenvalue weighted by atomic mass is 19.1. The first-order valence-electron chi connectivity index (χ1n) is 6.15. The number of carbonyl (C=O) groups is 1. The van der Waals surface area contributed by atoms with Gasteiger partial charge < -0.3 is 10.3 Å². The van der Waals surface area contributed by atoms with Crippen LogP contribution >= 0.6 is 0 Å². The molecule has 0 atom stereocenters. The van der Waals surface area contributed by atoms with Gasteiger partial charge in [-0.2, -0.15) is 0 Å². The van der Waals surface area contributed by atoms with Crippen LogP contribution < -0.4 is 5.32 Å². The summed E-state index contributed by atoms with van der Waals surface area (Å²) in [5.74, 6) is -0.329. The molecule has 0 aliphatic heterocycles. The summed E-state index contributed by atoms with van der Waals surface area (Å²) in [7, 11) is 0. The van der Waals surface area contributed by atoms with Gasteiger partial charge in [-0.15, -0.1) is 0 Å². The Morgan fingerprint density at radius 3 is 2.95 bits per heavy atom. The first-order chi connectivity index (χ1) is 9.65. The van der Waals surface area contributed by atoms with Crippen molar-refractivity contribution in [2.75, 3.05) is 5.32 Å². The molecule has 0 saturated carbocycles. The molecule has 100 valence electrons. The number of fused-ring (bicyclic) bond motifs is 1. The number of benzene rings is 1. The second-order valence-electron chi connectivity index (χ2n) is 4.48. The minimum absolute atomic E-state index is 0.241. The van der Waals surface area contributed by atoms with Crippen molar-refractivity contribution in [1.29, 1.82) is 0 Å². The van der Waals surface area contributed by atoms with Crippen molar-refractivity contribution in [3.05, 3.63) is 48.5 Å². The molecule has 1 amide bonds. The number of hydrogen-bond acceptors (Lipinski definition) is 2. The van der Waals surface area contributed by atoms with Gasteiger partial charge in [-0.05, 0) is 23.8 Å². The fourth-order valence-corrected chi connectivity index (χ4v) is 2.21. The number of pyridine rings is 1. The zero-order valence-electron chi connectivity index (χ0n) is 10.8. The Morgan fingerprint density at radius 1 is 1.30 bits per heavy atom. The number of hydrogen-bond donors (Lipinski definition) is 2. The SMILES string of the molecule is CC(=O)Nc1cc(-c2cccc3[nH]ccc23)c(F)cn1. The van der Waals surface area contributed by atoms with Crippen molar-refractivity contribution >= 4 is 22.6 Å². The zero-order chi connectivity index (χ0) is 14.1. The van der Waals surface area contributed by atoms with Crippen molar-refractivity contribution in [3.63, 3.8) is 0 Å². The maximum Gasteiger partial charge on any atom is 0.222 e. The number of aromatic amines is 1. The molecule has 2 aromatic heterocycles. The molecule has 0 saturated heterocycles. The van der Waals surface area contributed by atoms with Crippen LogP contribution in [0.2, 0.25) is 0 Å². The molecule has 5 heteroatoms. The van der Waals surface area contributed by atoms with Crippen LogP contribution in [0.1, 0.15) is 6.92 Å². The Kier molecular flexibility index (Phi) is 2.95. The molecule has 0 spiro atoms. The highest BCUT2D eigenvalue weighted by Gasteiger charge is 2.11. The third-order valence-corrected chi connectivity index (χ3v) is 3.04. The highest BCUT2D eigenvalue weighted by Crippen LogP contribution is 2.31. The molecule has 2 heterocycles. The molecule has 3 aromatic rings. The van der Waals surface area contributed by atoms with Gasteiger partial charge in [0.2, 0.25) is 5.91 Å². The van der Waals surface area contributed by atoms with Crippen molar-refractivity contribution in [1.82, 2.24) is 9.97 Å². The van der Waals surface area contributed by atoms with E-state index in [1.807, 2.05) is 30.5 Å². The standard InChI is InChI=1S/C15H12FN3O/c1-9(20)19-15-7-12(13(16)8-18-15)10-3-2-4-14-11(10)5-6-17-14/h2-8,17H,1H3,(H,18,19,20). The summed E-state index contributed by atoms with van der Waals surface area (Å²) < 4.78 is 14.0. The van der Waals surface area contributed by atoms with Crippen LogP contribution in [0.5, 0.6) is 0 Å². The second-order valence-corrected chi connectivity index (χ2v) is 4.48. The minimum Gasteiger partial charge on any atom is -0.361 e. The number of aromatic nitrogens is 2. The molecule has 0 aliphatic carbocycles. The normalized spacial score (nSPS) is 10.7. The van der Waals surface area contributed by atoms with Crippen molar-refractivity contribution < 1.29 is 9.18 Å². The Balaban J connectivity index is 2.18. The topological polar surface area (TPSA) is 57.8 Å². The third-order valence-electron chi connectivity index (χ3n) is 3.04. The summed E-state index contributed by atoms with van der Waals surface area (Å²) in [6.07, 6.45) is 2.92. The second kappa shape index (κ2) is 4.77.